The van der Waals surface area contributed by atoms with E-state index in [1.165, 1.54) is 11.8 Å². The number of phenolic OH excluding ortho intramolecular Hbond substituents is 1. The standard InChI is InChI=1S/C25H17N2O2S.Pt/c28-20-10-4-6-15-11-12-22(26-23(15)20)29-18-8-3-7-17(13-18)25-27-24-19-9-2-1-5-16(19)14-21(24)30-25;/h1-12,21,24,28H,14H2;/q-1;/t21-,24+;/m1./s1/i14D2;. The van der Waals surface area contributed by atoms with Crippen LogP contribution in [0.5, 0.6) is 17.4 Å². The van der Waals surface area contributed by atoms with E-state index in [9.17, 15) is 5.11 Å². The van der Waals surface area contributed by atoms with Crippen molar-refractivity contribution in [2.45, 2.75) is 17.7 Å². The number of pyridine rings is 1. The van der Waals surface area contributed by atoms with Gasteiger partial charge in [0.1, 0.15) is 11.3 Å². The Morgan fingerprint density at radius 3 is 2.84 bits per heavy atom. The number of aromatic nitrogens is 1. The van der Waals surface area contributed by atoms with E-state index in [1.807, 2.05) is 48.5 Å². The van der Waals surface area contributed by atoms with Gasteiger partial charge >= 0.3 is 0 Å². The van der Waals surface area contributed by atoms with Crippen molar-refractivity contribution < 1.29 is 33.7 Å². The zero-order valence-corrected chi connectivity index (χ0v) is 19.1. The van der Waals surface area contributed by atoms with Gasteiger partial charge < -0.3 is 14.8 Å². The summed E-state index contributed by atoms with van der Waals surface area (Å²) in [5.74, 6) is 0.938. The number of nitrogens with zero attached hydrogens (tertiary/aromatic N) is 2. The molecule has 1 aromatic heterocycles. The van der Waals surface area contributed by atoms with Crippen molar-refractivity contribution in [1.82, 2.24) is 4.98 Å². The molecule has 156 valence electrons. The maximum absolute atomic E-state index is 10.1. The van der Waals surface area contributed by atoms with Gasteiger partial charge in [0.05, 0.1) is 6.04 Å². The summed E-state index contributed by atoms with van der Waals surface area (Å²) >= 11 is 1.46. The van der Waals surface area contributed by atoms with E-state index in [0.717, 1.165) is 27.1 Å². The first-order valence-corrected chi connectivity index (χ1v) is 10.5. The number of hydrogen-bond acceptors (Lipinski definition) is 5. The second-order valence-corrected chi connectivity index (χ2v) is 8.31. The normalized spacial score (nSPS) is 21.4. The largest absolute Gasteiger partial charge is 0.506 e. The first kappa shape index (κ1) is 18.0. The van der Waals surface area contributed by atoms with Crippen LogP contribution in [0.15, 0.2) is 77.8 Å². The monoisotopic (exact) mass is 606 g/mol. The molecule has 2 aliphatic rings. The molecule has 0 saturated heterocycles. The fourth-order valence-corrected chi connectivity index (χ4v) is 5.02. The molecule has 6 heteroatoms. The number of rotatable bonds is 3. The van der Waals surface area contributed by atoms with Crippen LogP contribution in [0, 0.1) is 6.07 Å². The van der Waals surface area contributed by atoms with E-state index >= 15 is 0 Å². The molecule has 4 nitrogen and oxygen atoms in total. The molecule has 1 aliphatic carbocycles. The maximum Gasteiger partial charge on any atom is 0.217 e. The number of aliphatic imine (C=N–C) groups is 1. The third-order valence-electron chi connectivity index (χ3n) is 5.25. The molecule has 6 rings (SSSR count). The minimum absolute atomic E-state index is 0. The molecule has 3 aromatic carbocycles. The van der Waals surface area contributed by atoms with Crippen molar-refractivity contribution in [3.8, 4) is 17.4 Å². The third kappa shape index (κ3) is 3.66. The molecule has 31 heavy (non-hydrogen) atoms. The zero-order valence-electron chi connectivity index (χ0n) is 18.1. The first-order chi connectivity index (χ1) is 15.5. The number of benzene rings is 3. The zero-order chi connectivity index (χ0) is 21.9. The smallest absolute Gasteiger partial charge is 0.217 e. The molecule has 0 spiro atoms. The van der Waals surface area contributed by atoms with Crippen molar-refractivity contribution in [3.63, 3.8) is 0 Å². The van der Waals surface area contributed by atoms with E-state index in [0.29, 0.717) is 17.1 Å². The van der Waals surface area contributed by atoms with E-state index in [2.05, 4.69) is 11.1 Å². The van der Waals surface area contributed by atoms with Crippen LogP contribution < -0.4 is 4.74 Å². The van der Waals surface area contributed by atoms with Gasteiger partial charge in [0.15, 0.2) is 0 Å². The van der Waals surface area contributed by atoms with Crippen molar-refractivity contribution >= 4 is 27.7 Å². The number of para-hydroxylation sites is 1. The molecule has 1 N–H and O–H groups in total. The number of aromatic hydroxyl groups is 1. The molecule has 0 fully saturated rings. The summed E-state index contributed by atoms with van der Waals surface area (Å²) in [6, 6.07) is 25.1. The Kier molecular flexibility index (Phi) is 4.73. The average molecular weight is 607 g/mol. The molecule has 1 aliphatic heterocycles. The van der Waals surface area contributed by atoms with E-state index in [4.69, 9.17) is 12.5 Å². The fraction of sp³-hybridized carbons (Fsp3) is 0.120. The number of ether oxygens (including phenoxy) is 1. The van der Waals surface area contributed by atoms with Gasteiger partial charge in [0, 0.05) is 51.3 Å². The van der Waals surface area contributed by atoms with Crippen LogP contribution in [-0.2, 0) is 27.4 Å². The summed E-state index contributed by atoms with van der Waals surface area (Å²) in [5.41, 5.74) is 2.93. The molecular formula is C25H17N2O2PtS-. The number of fused-ring (bicyclic) bond motifs is 4. The van der Waals surface area contributed by atoms with Crippen LogP contribution in [0.4, 0.5) is 0 Å². The van der Waals surface area contributed by atoms with E-state index < -0.39 is 6.37 Å². The van der Waals surface area contributed by atoms with E-state index in [-0.39, 0.29) is 38.1 Å². The predicted octanol–water partition coefficient (Wildman–Crippen LogP) is 5.69. The Hall–Kier alpha value is -2.62. The summed E-state index contributed by atoms with van der Waals surface area (Å²) < 4.78 is 23.2. The van der Waals surface area contributed by atoms with E-state index in [1.54, 1.807) is 24.3 Å². The van der Waals surface area contributed by atoms with Gasteiger partial charge in [0.25, 0.3) is 0 Å². The van der Waals surface area contributed by atoms with Gasteiger partial charge in [-0.25, -0.2) is 4.98 Å². The minimum atomic E-state index is -1.44. The Labute approximate surface area is 201 Å². The molecule has 0 amide bonds. The molecule has 2 atom stereocenters. The van der Waals surface area contributed by atoms with Gasteiger partial charge in [-0.3, -0.25) is 0 Å². The Morgan fingerprint density at radius 2 is 1.90 bits per heavy atom. The first-order valence-electron chi connectivity index (χ1n) is 10.6. The number of thioether (sulfide) groups is 1. The summed E-state index contributed by atoms with van der Waals surface area (Å²) in [6.07, 6.45) is -1.44. The minimum Gasteiger partial charge on any atom is -0.506 e. The van der Waals surface area contributed by atoms with Crippen molar-refractivity contribution in [2.24, 2.45) is 4.99 Å². The van der Waals surface area contributed by atoms with Crippen LogP contribution in [0.25, 0.3) is 10.9 Å². The topological polar surface area (TPSA) is 54.7 Å². The quantitative estimate of drug-likeness (QED) is 0.305. The van der Waals surface area contributed by atoms with Crippen LogP contribution in [0.1, 0.15) is 25.5 Å². The molecule has 0 unspecified atom stereocenters. The molecule has 2 heterocycles. The van der Waals surface area contributed by atoms with Crippen molar-refractivity contribution in [1.29, 1.82) is 0 Å². The van der Waals surface area contributed by atoms with Gasteiger partial charge in [0.2, 0.25) is 5.88 Å². The van der Waals surface area contributed by atoms with Crippen molar-refractivity contribution in [2.75, 3.05) is 0 Å². The predicted molar refractivity (Wildman–Crippen MR) is 120 cm³/mol. The summed E-state index contributed by atoms with van der Waals surface area (Å²) in [6.45, 7) is 0. The fourth-order valence-electron chi connectivity index (χ4n) is 3.84. The maximum atomic E-state index is 10.1. The Morgan fingerprint density at radius 1 is 1.03 bits per heavy atom. The Bertz CT molecular complexity index is 1410. The molecule has 0 radical (unpaired) electrons. The van der Waals surface area contributed by atoms with Crippen LogP contribution in [0.3, 0.4) is 0 Å². The van der Waals surface area contributed by atoms with Crippen LogP contribution in [0.2, 0.25) is 0 Å². The third-order valence-corrected chi connectivity index (χ3v) is 6.42. The second kappa shape index (κ2) is 8.14. The number of phenols is 1. The SMILES string of the molecule is [2H]C1([2H])c2ccccc2[C@@H]2N=C(c3[c-]c(Oc4ccc5cccc(O)c5n4)ccc3)S[C@@H]21.[Pt]. The average Bonchev–Trinajstić information content (AvgIpc) is 3.34. The van der Waals surface area contributed by atoms with Gasteiger partial charge in [-0.2, -0.15) is 11.8 Å². The van der Waals surface area contributed by atoms with Gasteiger partial charge in [-0.05, 0) is 29.6 Å². The molecular weight excluding hydrogens is 587 g/mol. The Balaban J connectivity index is 0.00000228. The second-order valence-electron chi connectivity index (χ2n) is 7.18. The molecule has 0 bridgehead atoms. The van der Waals surface area contributed by atoms with Crippen LogP contribution >= 0.6 is 11.8 Å². The van der Waals surface area contributed by atoms with Crippen LogP contribution in [-0.4, -0.2) is 20.4 Å². The number of hydrogen-bond donors (Lipinski definition) is 1. The molecule has 4 aromatic rings. The summed E-state index contributed by atoms with van der Waals surface area (Å²) in [5, 5.41) is 11.4. The summed E-state index contributed by atoms with van der Waals surface area (Å²) in [7, 11) is 0. The summed E-state index contributed by atoms with van der Waals surface area (Å²) in [4.78, 5) is 9.27. The van der Waals surface area contributed by atoms with Crippen molar-refractivity contribution in [3.05, 3.63) is 95.6 Å². The molecule has 0 saturated carbocycles. The van der Waals surface area contributed by atoms with Gasteiger partial charge in [-0.1, -0.05) is 42.5 Å². The van der Waals surface area contributed by atoms with Gasteiger partial charge in [-0.15, -0.1) is 23.8 Å².